The van der Waals surface area contributed by atoms with Crippen molar-refractivity contribution in [2.24, 2.45) is 5.92 Å². The molecule has 5 nitrogen and oxygen atoms in total. The zero-order chi connectivity index (χ0) is 16.2. The van der Waals surface area contributed by atoms with Gasteiger partial charge in [0.25, 0.3) is 5.91 Å². The SMILES string of the molecule is COc1ccc(C(=O)N2CCCCC2)cc1NC(=O)C1CCC1. The molecule has 2 fully saturated rings. The van der Waals surface area contributed by atoms with Crippen LogP contribution in [0.25, 0.3) is 0 Å². The van der Waals surface area contributed by atoms with Crippen LogP contribution in [0.5, 0.6) is 5.75 Å². The minimum absolute atomic E-state index is 0.0251. The largest absolute Gasteiger partial charge is 0.495 e. The third kappa shape index (κ3) is 3.49. The predicted octanol–water partition coefficient (Wildman–Crippen LogP) is 3.06. The van der Waals surface area contributed by atoms with Gasteiger partial charge in [-0.25, -0.2) is 0 Å². The van der Waals surface area contributed by atoms with E-state index in [-0.39, 0.29) is 17.7 Å². The van der Waals surface area contributed by atoms with Gasteiger partial charge in [0, 0.05) is 24.6 Å². The fourth-order valence-electron chi connectivity index (χ4n) is 3.12. The average Bonchev–Trinajstić information content (AvgIpc) is 2.53. The zero-order valence-electron chi connectivity index (χ0n) is 13.6. The molecule has 23 heavy (non-hydrogen) atoms. The summed E-state index contributed by atoms with van der Waals surface area (Å²) in [6, 6.07) is 5.27. The molecule has 0 unspecified atom stereocenters. The van der Waals surface area contributed by atoms with E-state index in [0.717, 1.165) is 45.2 Å². The number of carbonyl (C=O) groups is 2. The van der Waals surface area contributed by atoms with Crippen LogP contribution in [0.2, 0.25) is 0 Å². The van der Waals surface area contributed by atoms with Gasteiger partial charge in [0.15, 0.2) is 0 Å². The Morgan fingerprint density at radius 1 is 1.13 bits per heavy atom. The Bertz CT molecular complexity index is 590. The van der Waals surface area contributed by atoms with Gasteiger partial charge < -0.3 is 15.0 Å². The molecule has 0 aromatic heterocycles. The number of ether oxygens (including phenoxy) is 1. The zero-order valence-corrected chi connectivity index (χ0v) is 13.6. The molecule has 1 heterocycles. The van der Waals surface area contributed by atoms with Gasteiger partial charge in [-0.3, -0.25) is 9.59 Å². The van der Waals surface area contributed by atoms with Crippen LogP contribution < -0.4 is 10.1 Å². The lowest BCUT2D eigenvalue weighted by Crippen LogP contribution is -2.35. The summed E-state index contributed by atoms with van der Waals surface area (Å²) in [6.07, 6.45) is 6.32. The third-order valence-corrected chi connectivity index (χ3v) is 4.82. The molecular weight excluding hydrogens is 292 g/mol. The molecule has 1 saturated heterocycles. The number of benzene rings is 1. The van der Waals surface area contributed by atoms with E-state index in [9.17, 15) is 9.59 Å². The van der Waals surface area contributed by atoms with Crippen LogP contribution in [-0.2, 0) is 4.79 Å². The van der Waals surface area contributed by atoms with Crippen molar-refractivity contribution in [2.45, 2.75) is 38.5 Å². The minimum Gasteiger partial charge on any atom is -0.495 e. The van der Waals surface area contributed by atoms with Crippen molar-refractivity contribution in [3.8, 4) is 5.75 Å². The maximum absolute atomic E-state index is 12.6. The summed E-state index contributed by atoms with van der Waals surface area (Å²) < 4.78 is 5.32. The Hall–Kier alpha value is -2.04. The molecule has 1 aromatic rings. The quantitative estimate of drug-likeness (QED) is 0.929. The van der Waals surface area contributed by atoms with Gasteiger partial charge in [-0.1, -0.05) is 6.42 Å². The van der Waals surface area contributed by atoms with Gasteiger partial charge >= 0.3 is 0 Å². The van der Waals surface area contributed by atoms with Gasteiger partial charge in [0.05, 0.1) is 12.8 Å². The molecule has 3 rings (SSSR count). The highest BCUT2D eigenvalue weighted by Crippen LogP contribution is 2.31. The topological polar surface area (TPSA) is 58.6 Å². The number of anilines is 1. The van der Waals surface area contributed by atoms with Crippen molar-refractivity contribution in [3.05, 3.63) is 23.8 Å². The maximum Gasteiger partial charge on any atom is 0.253 e. The van der Waals surface area contributed by atoms with E-state index >= 15 is 0 Å². The van der Waals surface area contributed by atoms with Crippen LogP contribution in [0.4, 0.5) is 5.69 Å². The van der Waals surface area contributed by atoms with Gasteiger partial charge in [0.2, 0.25) is 5.91 Å². The molecule has 0 bridgehead atoms. The lowest BCUT2D eigenvalue weighted by molar-refractivity contribution is -0.122. The molecule has 2 amide bonds. The van der Waals surface area contributed by atoms with Gasteiger partial charge in [-0.05, 0) is 50.3 Å². The van der Waals surface area contributed by atoms with E-state index in [1.54, 1.807) is 25.3 Å². The number of piperidine rings is 1. The number of methoxy groups -OCH3 is 1. The molecule has 1 aliphatic carbocycles. The Balaban J connectivity index is 1.77. The predicted molar refractivity (Wildman–Crippen MR) is 88.7 cm³/mol. The highest BCUT2D eigenvalue weighted by atomic mass is 16.5. The van der Waals surface area contributed by atoms with E-state index in [4.69, 9.17) is 4.74 Å². The average molecular weight is 316 g/mol. The second-order valence-corrected chi connectivity index (χ2v) is 6.39. The third-order valence-electron chi connectivity index (χ3n) is 4.82. The first-order chi connectivity index (χ1) is 11.2. The van der Waals surface area contributed by atoms with Gasteiger partial charge in [0.1, 0.15) is 5.75 Å². The van der Waals surface area contributed by atoms with Crippen molar-refractivity contribution >= 4 is 17.5 Å². The molecule has 1 aromatic carbocycles. The first-order valence-electron chi connectivity index (χ1n) is 8.47. The lowest BCUT2D eigenvalue weighted by Gasteiger charge is -2.27. The molecular formula is C18H24N2O3. The van der Waals surface area contributed by atoms with E-state index < -0.39 is 0 Å². The van der Waals surface area contributed by atoms with E-state index in [0.29, 0.717) is 17.0 Å². The van der Waals surface area contributed by atoms with Gasteiger partial charge in [-0.15, -0.1) is 0 Å². The number of likely N-dealkylation sites (tertiary alicyclic amines) is 1. The normalized spacial score (nSPS) is 18.2. The molecule has 2 aliphatic rings. The number of hydrogen-bond donors (Lipinski definition) is 1. The summed E-state index contributed by atoms with van der Waals surface area (Å²) in [5, 5.41) is 2.93. The molecule has 0 atom stereocenters. The number of hydrogen-bond acceptors (Lipinski definition) is 3. The van der Waals surface area contributed by atoms with Crippen molar-refractivity contribution in [2.75, 3.05) is 25.5 Å². The van der Waals surface area contributed by atoms with Crippen molar-refractivity contribution in [3.63, 3.8) is 0 Å². The second kappa shape index (κ2) is 7.02. The highest BCUT2D eigenvalue weighted by molar-refractivity contribution is 5.99. The van der Waals surface area contributed by atoms with Crippen LogP contribution >= 0.6 is 0 Å². The van der Waals surface area contributed by atoms with E-state index in [1.165, 1.54) is 6.42 Å². The molecule has 1 N–H and O–H groups in total. The number of amides is 2. The second-order valence-electron chi connectivity index (χ2n) is 6.39. The summed E-state index contributed by atoms with van der Waals surface area (Å²) in [7, 11) is 1.57. The molecule has 0 radical (unpaired) electrons. The summed E-state index contributed by atoms with van der Waals surface area (Å²) in [5.74, 6) is 0.748. The fraction of sp³-hybridized carbons (Fsp3) is 0.556. The van der Waals surface area contributed by atoms with Crippen molar-refractivity contribution in [1.29, 1.82) is 0 Å². The van der Waals surface area contributed by atoms with Crippen LogP contribution in [0, 0.1) is 5.92 Å². The van der Waals surface area contributed by atoms with Crippen LogP contribution in [0.1, 0.15) is 48.9 Å². The first kappa shape index (κ1) is 15.8. The molecule has 0 spiro atoms. The summed E-state index contributed by atoms with van der Waals surface area (Å²) >= 11 is 0. The van der Waals surface area contributed by atoms with E-state index in [1.807, 2.05) is 4.90 Å². The number of carbonyl (C=O) groups excluding carboxylic acids is 2. The molecule has 124 valence electrons. The van der Waals surface area contributed by atoms with Crippen molar-refractivity contribution in [1.82, 2.24) is 4.90 Å². The van der Waals surface area contributed by atoms with Crippen molar-refractivity contribution < 1.29 is 14.3 Å². The summed E-state index contributed by atoms with van der Waals surface area (Å²) in [5.41, 5.74) is 1.20. The van der Waals surface area contributed by atoms with Crippen LogP contribution in [-0.4, -0.2) is 36.9 Å². The fourth-order valence-corrected chi connectivity index (χ4v) is 3.12. The van der Waals surface area contributed by atoms with Crippen LogP contribution in [0.3, 0.4) is 0 Å². The Kier molecular flexibility index (Phi) is 4.84. The van der Waals surface area contributed by atoms with Gasteiger partial charge in [-0.2, -0.15) is 0 Å². The molecule has 1 aliphatic heterocycles. The smallest absolute Gasteiger partial charge is 0.253 e. The highest BCUT2D eigenvalue weighted by Gasteiger charge is 2.26. The first-order valence-corrected chi connectivity index (χ1v) is 8.47. The number of nitrogens with one attached hydrogen (secondary N) is 1. The number of nitrogens with zero attached hydrogens (tertiary/aromatic N) is 1. The lowest BCUT2D eigenvalue weighted by atomic mass is 9.85. The number of rotatable bonds is 4. The summed E-state index contributed by atoms with van der Waals surface area (Å²) in [4.78, 5) is 26.7. The van der Waals surface area contributed by atoms with Crippen LogP contribution in [0.15, 0.2) is 18.2 Å². The Morgan fingerprint density at radius 2 is 1.87 bits per heavy atom. The monoisotopic (exact) mass is 316 g/mol. The molecule has 5 heteroatoms. The summed E-state index contributed by atoms with van der Waals surface area (Å²) in [6.45, 7) is 1.63. The Labute approximate surface area is 137 Å². The maximum atomic E-state index is 12.6. The van der Waals surface area contributed by atoms with E-state index in [2.05, 4.69) is 5.32 Å². The minimum atomic E-state index is 0.0251. The Morgan fingerprint density at radius 3 is 2.48 bits per heavy atom. The standard InChI is InChI=1S/C18H24N2O3/c1-23-16-9-8-14(18(22)20-10-3-2-4-11-20)12-15(16)19-17(21)13-6-5-7-13/h8-9,12-13H,2-7,10-11H2,1H3,(H,19,21). The molecule has 1 saturated carbocycles.